The van der Waals surface area contributed by atoms with Crippen LogP contribution in [0.2, 0.25) is 0 Å². The van der Waals surface area contributed by atoms with E-state index in [1.165, 1.54) is 0 Å². The van der Waals surface area contributed by atoms with Gasteiger partial charge in [-0.1, -0.05) is 31.2 Å². The summed E-state index contributed by atoms with van der Waals surface area (Å²) in [7, 11) is 0. The van der Waals surface area contributed by atoms with Crippen LogP contribution < -0.4 is 9.80 Å². The molecule has 42 heavy (non-hydrogen) atoms. The van der Waals surface area contributed by atoms with Crippen LogP contribution in [0.5, 0.6) is 0 Å². The van der Waals surface area contributed by atoms with Gasteiger partial charge >= 0.3 is 0 Å². The van der Waals surface area contributed by atoms with Gasteiger partial charge in [-0.15, -0.1) is 0 Å². The summed E-state index contributed by atoms with van der Waals surface area (Å²) in [4.78, 5) is 50.6. The Hall–Kier alpha value is -3.17. The van der Waals surface area contributed by atoms with Crippen LogP contribution in [0.4, 0.5) is 11.4 Å². The smallest absolute Gasteiger partial charge is 0.253 e. The van der Waals surface area contributed by atoms with E-state index in [2.05, 4.69) is 18.7 Å². The number of aliphatic hydroxyl groups excluding tert-OH is 1. The van der Waals surface area contributed by atoms with Gasteiger partial charge in [0.1, 0.15) is 11.6 Å². The van der Waals surface area contributed by atoms with Gasteiger partial charge in [-0.05, 0) is 70.7 Å². The third kappa shape index (κ3) is 4.94. The molecule has 1 aromatic carbocycles. The standard InChI is InChI=1S/C33H46N4O5/c1-5-19-35-20-11-17-32(4)26(29(35)39)27-30(40)37(21-9-8-10-23-38)28-31(41)36(22-12-18-33(27,28)42-32)25-15-13-24(14-16-25)34(6-2)7-3/h11-18,26-28,38H,5-10,19-23H2,1-4H3/t26-,27+,28?,32+,33+/m1/s1. The van der Waals surface area contributed by atoms with Gasteiger partial charge in [0.2, 0.25) is 11.8 Å². The van der Waals surface area contributed by atoms with Crippen molar-refractivity contribution in [3.05, 3.63) is 48.6 Å². The Morgan fingerprint density at radius 2 is 1.60 bits per heavy atom. The molecule has 1 aromatic rings. The molecule has 228 valence electrons. The summed E-state index contributed by atoms with van der Waals surface area (Å²) in [5.74, 6) is -2.01. The molecule has 4 heterocycles. The van der Waals surface area contributed by atoms with E-state index in [-0.39, 0.29) is 24.3 Å². The first-order valence-corrected chi connectivity index (χ1v) is 15.7. The highest BCUT2D eigenvalue weighted by Gasteiger charge is 2.74. The van der Waals surface area contributed by atoms with E-state index in [1.54, 1.807) is 9.80 Å². The average Bonchev–Trinajstić information content (AvgIpc) is 3.25. The predicted octanol–water partition coefficient (Wildman–Crippen LogP) is 3.38. The lowest BCUT2D eigenvalue weighted by atomic mass is 9.74. The number of amides is 3. The molecule has 2 saturated heterocycles. The first-order chi connectivity index (χ1) is 20.3. The van der Waals surface area contributed by atoms with Crippen molar-refractivity contribution in [1.29, 1.82) is 0 Å². The Bertz CT molecular complexity index is 1230. The van der Waals surface area contributed by atoms with Crippen LogP contribution in [0.15, 0.2) is 48.6 Å². The maximum atomic E-state index is 14.6. The van der Waals surface area contributed by atoms with Gasteiger partial charge in [0, 0.05) is 57.3 Å². The van der Waals surface area contributed by atoms with Crippen molar-refractivity contribution in [2.24, 2.45) is 11.8 Å². The second-order valence-electron chi connectivity index (χ2n) is 12.0. The van der Waals surface area contributed by atoms with Gasteiger partial charge in [0.05, 0.1) is 17.4 Å². The third-order valence-electron chi connectivity index (χ3n) is 9.48. The maximum Gasteiger partial charge on any atom is 0.253 e. The fourth-order valence-electron chi connectivity index (χ4n) is 7.52. The number of ether oxygens (including phenoxy) is 1. The number of anilines is 2. The third-order valence-corrected chi connectivity index (χ3v) is 9.48. The van der Waals surface area contributed by atoms with Crippen LogP contribution >= 0.6 is 0 Å². The maximum absolute atomic E-state index is 14.6. The van der Waals surface area contributed by atoms with E-state index in [0.717, 1.165) is 37.3 Å². The van der Waals surface area contributed by atoms with E-state index in [0.29, 0.717) is 39.0 Å². The average molecular weight is 579 g/mol. The van der Waals surface area contributed by atoms with Gasteiger partial charge in [-0.2, -0.15) is 0 Å². The molecule has 1 N–H and O–H groups in total. The van der Waals surface area contributed by atoms with Crippen molar-refractivity contribution in [2.45, 2.75) is 70.6 Å². The van der Waals surface area contributed by atoms with Crippen molar-refractivity contribution in [1.82, 2.24) is 9.80 Å². The molecule has 1 spiro atoms. The Labute approximate surface area is 249 Å². The normalized spacial score (nSPS) is 30.4. The van der Waals surface area contributed by atoms with Crippen LogP contribution in [-0.2, 0) is 19.1 Å². The monoisotopic (exact) mass is 578 g/mol. The van der Waals surface area contributed by atoms with E-state index in [9.17, 15) is 19.5 Å². The van der Waals surface area contributed by atoms with Crippen molar-refractivity contribution in [2.75, 3.05) is 55.7 Å². The highest BCUT2D eigenvalue weighted by molar-refractivity contribution is 6.06. The van der Waals surface area contributed by atoms with Gasteiger partial charge in [-0.25, -0.2) is 0 Å². The SMILES string of the molecule is CCCN1CC=C[C@]2(C)O[C@]34C=CCN(c5ccc(N(CC)CC)cc5)C(=O)C3N(CCCCCO)C(=O)[C@@H]4[C@@H]2C1=O. The number of unbranched alkanes of at least 4 members (excludes halogenated alkanes) is 2. The Morgan fingerprint density at radius 3 is 2.26 bits per heavy atom. The quantitative estimate of drug-likeness (QED) is 0.320. The highest BCUT2D eigenvalue weighted by atomic mass is 16.5. The molecule has 0 saturated carbocycles. The number of fused-ring (bicyclic) bond motifs is 2. The molecule has 5 atom stereocenters. The summed E-state index contributed by atoms with van der Waals surface area (Å²) in [6.45, 7) is 11.8. The van der Waals surface area contributed by atoms with Crippen molar-refractivity contribution in [3.8, 4) is 0 Å². The Balaban J connectivity index is 1.55. The number of likely N-dealkylation sites (tertiary alicyclic amines) is 1. The van der Waals surface area contributed by atoms with Crippen molar-refractivity contribution < 1.29 is 24.2 Å². The van der Waals surface area contributed by atoms with Gasteiger partial charge in [0.15, 0.2) is 0 Å². The number of carbonyl (C=O) groups is 3. The summed E-state index contributed by atoms with van der Waals surface area (Å²) in [5.41, 5.74) is -0.409. The summed E-state index contributed by atoms with van der Waals surface area (Å²) in [6, 6.07) is 7.10. The molecule has 9 heteroatoms. The minimum Gasteiger partial charge on any atom is -0.396 e. The molecule has 9 nitrogen and oxygen atoms in total. The number of aliphatic hydroxyl groups is 1. The van der Waals surface area contributed by atoms with Gasteiger partial charge in [-0.3, -0.25) is 14.4 Å². The van der Waals surface area contributed by atoms with E-state index >= 15 is 0 Å². The van der Waals surface area contributed by atoms with E-state index < -0.39 is 29.1 Å². The summed E-state index contributed by atoms with van der Waals surface area (Å²) >= 11 is 0. The largest absolute Gasteiger partial charge is 0.396 e. The van der Waals surface area contributed by atoms with Crippen LogP contribution in [0, 0.1) is 11.8 Å². The Kier molecular flexibility index (Phi) is 8.81. The number of benzene rings is 1. The molecule has 2 fully saturated rings. The lowest BCUT2D eigenvalue weighted by Gasteiger charge is -2.37. The highest BCUT2D eigenvalue weighted by Crippen LogP contribution is 2.57. The molecule has 3 amide bonds. The summed E-state index contributed by atoms with van der Waals surface area (Å²) in [5, 5.41) is 9.31. The fraction of sp³-hybridized carbons (Fsp3) is 0.606. The summed E-state index contributed by atoms with van der Waals surface area (Å²) in [6.07, 6.45) is 10.6. The summed E-state index contributed by atoms with van der Waals surface area (Å²) < 4.78 is 6.91. The number of hydrogen-bond acceptors (Lipinski definition) is 6. The number of nitrogens with zero attached hydrogens (tertiary/aromatic N) is 4. The van der Waals surface area contributed by atoms with Crippen molar-refractivity contribution >= 4 is 29.1 Å². The second kappa shape index (κ2) is 12.2. The van der Waals surface area contributed by atoms with Gasteiger partial charge < -0.3 is 29.4 Å². The molecule has 1 unspecified atom stereocenters. The van der Waals surface area contributed by atoms with Gasteiger partial charge in [0.25, 0.3) is 5.91 Å². The minimum absolute atomic E-state index is 0.0838. The molecule has 0 bridgehead atoms. The van der Waals surface area contributed by atoms with E-state index in [1.807, 2.05) is 67.3 Å². The van der Waals surface area contributed by atoms with Crippen LogP contribution in [-0.4, -0.2) is 95.7 Å². The first kappa shape index (κ1) is 30.3. The molecule has 0 radical (unpaired) electrons. The molecule has 0 aliphatic carbocycles. The topological polar surface area (TPSA) is 93.6 Å². The Morgan fingerprint density at radius 1 is 0.881 bits per heavy atom. The molecular weight excluding hydrogens is 532 g/mol. The molecule has 0 aromatic heterocycles. The zero-order valence-corrected chi connectivity index (χ0v) is 25.5. The number of rotatable bonds is 11. The predicted molar refractivity (Wildman–Crippen MR) is 163 cm³/mol. The molecule has 4 aliphatic heterocycles. The lowest BCUT2D eigenvalue weighted by molar-refractivity contribution is -0.148. The molecule has 4 aliphatic rings. The van der Waals surface area contributed by atoms with E-state index in [4.69, 9.17) is 4.74 Å². The van der Waals surface area contributed by atoms with Crippen LogP contribution in [0.3, 0.4) is 0 Å². The molecular formula is C33H46N4O5. The second-order valence-corrected chi connectivity index (χ2v) is 12.0. The zero-order valence-electron chi connectivity index (χ0n) is 25.5. The number of hydrogen-bond donors (Lipinski definition) is 1. The molecule has 5 rings (SSSR count). The van der Waals surface area contributed by atoms with Crippen LogP contribution in [0.1, 0.15) is 53.4 Å². The lowest BCUT2D eigenvalue weighted by Crippen LogP contribution is -2.56. The number of carbonyl (C=O) groups excluding carboxylic acids is 3. The fourth-order valence-corrected chi connectivity index (χ4v) is 7.52. The zero-order chi connectivity index (χ0) is 30.1. The van der Waals surface area contributed by atoms with Crippen LogP contribution in [0.25, 0.3) is 0 Å². The van der Waals surface area contributed by atoms with Crippen molar-refractivity contribution in [3.63, 3.8) is 0 Å². The minimum atomic E-state index is -1.25. The first-order valence-electron chi connectivity index (χ1n) is 15.7.